The van der Waals surface area contributed by atoms with Gasteiger partial charge in [0.05, 0.1) is 0 Å². The fraction of sp³-hybridized carbons (Fsp3) is 0.500. The van der Waals surface area contributed by atoms with Crippen molar-refractivity contribution in [3.63, 3.8) is 0 Å². The summed E-state index contributed by atoms with van der Waals surface area (Å²) in [5.41, 5.74) is 7.51. The molecule has 0 amide bonds. The van der Waals surface area contributed by atoms with Crippen LogP contribution in [0.5, 0.6) is 0 Å². The molecule has 5 heteroatoms. The van der Waals surface area contributed by atoms with Crippen LogP contribution in [0.2, 0.25) is 0 Å². The molecule has 0 saturated heterocycles. The predicted octanol–water partition coefficient (Wildman–Crippen LogP) is 2.35. The number of oxime groups is 1. The number of hydrogen-bond donors (Lipinski definition) is 2. The molecule has 1 unspecified atom stereocenters. The topological polar surface area (TPSA) is 61.8 Å². The molecule has 1 rings (SSSR count). The van der Waals surface area contributed by atoms with E-state index in [1.807, 2.05) is 36.0 Å². The molecule has 4 nitrogen and oxygen atoms in total. The van der Waals surface area contributed by atoms with Crippen LogP contribution in [0, 0.1) is 0 Å². The van der Waals surface area contributed by atoms with Crippen LogP contribution in [-0.2, 0) is 6.54 Å². The van der Waals surface area contributed by atoms with Gasteiger partial charge in [-0.25, -0.2) is 0 Å². The number of benzene rings is 1. The molecule has 0 aromatic heterocycles. The molecule has 106 valence electrons. The van der Waals surface area contributed by atoms with Gasteiger partial charge in [0.15, 0.2) is 5.84 Å². The van der Waals surface area contributed by atoms with Crippen LogP contribution in [0.1, 0.15) is 24.5 Å². The van der Waals surface area contributed by atoms with Gasteiger partial charge >= 0.3 is 0 Å². The van der Waals surface area contributed by atoms with Gasteiger partial charge in [-0.05, 0) is 38.0 Å². The van der Waals surface area contributed by atoms with E-state index in [0.29, 0.717) is 6.04 Å². The second-order valence-corrected chi connectivity index (χ2v) is 5.71. The summed E-state index contributed by atoms with van der Waals surface area (Å²) >= 11 is 1.88. The molecular weight excluding hydrogens is 258 g/mol. The van der Waals surface area contributed by atoms with E-state index in [-0.39, 0.29) is 5.84 Å². The van der Waals surface area contributed by atoms with Gasteiger partial charge in [0, 0.05) is 18.2 Å². The Bertz CT molecular complexity index is 406. The molecular formula is C14H23N3OS. The van der Waals surface area contributed by atoms with Gasteiger partial charge in [-0.1, -0.05) is 29.4 Å². The molecule has 1 atom stereocenters. The molecule has 0 aliphatic carbocycles. The molecule has 0 aliphatic heterocycles. The van der Waals surface area contributed by atoms with Gasteiger partial charge in [0.1, 0.15) is 0 Å². The van der Waals surface area contributed by atoms with Gasteiger partial charge in [-0.15, -0.1) is 0 Å². The summed E-state index contributed by atoms with van der Waals surface area (Å²) in [7, 11) is 2.14. The number of nitrogens with zero attached hydrogens (tertiary/aromatic N) is 2. The van der Waals surface area contributed by atoms with E-state index in [9.17, 15) is 0 Å². The first-order valence-electron chi connectivity index (χ1n) is 6.34. The summed E-state index contributed by atoms with van der Waals surface area (Å²) in [6, 6.07) is 8.36. The maximum absolute atomic E-state index is 8.61. The third-order valence-electron chi connectivity index (χ3n) is 3.28. The van der Waals surface area contributed by atoms with Gasteiger partial charge in [0.25, 0.3) is 0 Å². The lowest BCUT2D eigenvalue weighted by Crippen LogP contribution is -2.29. The maximum Gasteiger partial charge on any atom is 0.170 e. The van der Waals surface area contributed by atoms with E-state index >= 15 is 0 Å². The van der Waals surface area contributed by atoms with E-state index < -0.39 is 0 Å². The number of hydrogen-bond acceptors (Lipinski definition) is 4. The maximum atomic E-state index is 8.61. The van der Waals surface area contributed by atoms with Crippen LogP contribution in [0.25, 0.3) is 0 Å². The zero-order valence-corrected chi connectivity index (χ0v) is 12.7. The minimum atomic E-state index is 0.147. The van der Waals surface area contributed by atoms with Crippen molar-refractivity contribution < 1.29 is 5.21 Å². The lowest BCUT2D eigenvalue weighted by molar-refractivity contribution is 0.245. The summed E-state index contributed by atoms with van der Waals surface area (Å²) in [5, 5.41) is 11.6. The smallest absolute Gasteiger partial charge is 0.170 e. The number of thioether (sulfide) groups is 1. The lowest BCUT2D eigenvalue weighted by atomic mass is 10.1. The molecule has 3 N–H and O–H groups in total. The molecule has 1 aromatic carbocycles. The van der Waals surface area contributed by atoms with Gasteiger partial charge < -0.3 is 10.9 Å². The Morgan fingerprint density at radius 3 is 2.58 bits per heavy atom. The number of nitrogens with two attached hydrogens (primary N) is 1. The van der Waals surface area contributed by atoms with Gasteiger partial charge in [-0.2, -0.15) is 11.8 Å². The van der Waals surface area contributed by atoms with Crippen molar-refractivity contribution in [2.75, 3.05) is 19.1 Å². The molecule has 0 bridgehead atoms. The predicted molar refractivity (Wildman–Crippen MR) is 82.9 cm³/mol. The Morgan fingerprint density at radius 2 is 2.05 bits per heavy atom. The monoisotopic (exact) mass is 281 g/mol. The fourth-order valence-corrected chi connectivity index (χ4v) is 2.37. The Hall–Kier alpha value is -1.20. The number of rotatable bonds is 7. The third kappa shape index (κ3) is 5.12. The van der Waals surface area contributed by atoms with Crippen LogP contribution in [0.15, 0.2) is 29.4 Å². The summed E-state index contributed by atoms with van der Waals surface area (Å²) in [6.07, 6.45) is 3.33. The normalized spacial score (nSPS) is 13.8. The largest absolute Gasteiger partial charge is 0.409 e. The zero-order chi connectivity index (χ0) is 14.3. The van der Waals surface area contributed by atoms with Crippen molar-refractivity contribution in [2.45, 2.75) is 25.9 Å². The van der Waals surface area contributed by atoms with Crippen molar-refractivity contribution in [3.8, 4) is 0 Å². The third-order valence-corrected chi connectivity index (χ3v) is 3.93. The summed E-state index contributed by atoms with van der Waals surface area (Å²) < 4.78 is 0. The Balaban J connectivity index is 2.57. The SMILES string of the molecule is CSCCC(C)N(C)Cc1ccc(/C(N)=N/O)cc1. The standard InChI is InChI=1S/C14H23N3OS/c1-11(8-9-19-3)17(2)10-12-4-6-13(7-5-12)14(15)16-18/h4-7,11,18H,8-10H2,1-3H3,(H2,15,16). The highest BCUT2D eigenvalue weighted by molar-refractivity contribution is 7.98. The molecule has 19 heavy (non-hydrogen) atoms. The van der Waals surface area contributed by atoms with E-state index in [1.165, 1.54) is 17.7 Å². The van der Waals surface area contributed by atoms with Gasteiger partial charge in [-0.3, -0.25) is 4.90 Å². The van der Waals surface area contributed by atoms with E-state index in [4.69, 9.17) is 10.9 Å². The first kappa shape index (κ1) is 15.9. The van der Waals surface area contributed by atoms with Crippen molar-refractivity contribution >= 4 is 17.6 Å². The van der Waals surface area contributed by atoms with Crippen LogP contribution in [0.4, 0.5) is 0 Å². The molecule has 0 saturated carbocycles. The van der Waals surface area contributed by atoms with Crippen LogP contribution in [0.3, 0.4) is 0 Å². The Kier molecular flexibility index (Phi) is 6.73. The molecule has 0 fully saturated rings. The summed E-state index contributed by atoms with van der Waals surface area (Å²) in [4.78, 5) is 2.34. The quantitative estimate of drug-likeness (QED) is 0.348. The molecule has 1 aromatic rings. The summed E-state index contributed by atoms with van der Waals surface area (Å²) in [6.45, 7) is 3.16. The van der Waals surface area contributed by atoms with Crippen LogP contribution < -0.4 is 5.73 Å². The van der Waals surface area contributed by atoms with E-state index in [1.54, 1.807) is 0 Å². The van der Waals surface area contributed by atoms with Crippen LogP contribution in [-0.4, -0.2) is 41.0 Å². The fourth-order valence-electron chi connectivity index (χ4n) is 1.79. The van der Waals surface area contributed by atoms with E-state index in [0.717, 1.165) is 12.1 Å². The van der Waals surface area contributed by atoms with Crippen molar-refractivity contribution in [1.29, 1.82) is 0 Å². The highest BCUT2D eigenvalue weighted by Crippen LogP contribution is 2.11. The second-order valence-electron chi connectivity index (χ2n) is 4.73. The molecule has 0 aliphatic rings. The average Bonchev–Trinajstić information content (AvgIpc) is 2.44. The second kappa shape index (κ2) is 8.07. The average molecular weight is 281 g/mol. The molecule has 0 spiro atoms. The lowest BCUT2D eigenvalue weighted by Gasteiger charge is -2.24. The highest BCUT2D eigenvalue weighted by atomic mass is 32.2. The van der Waals surface area contributed by atoms with Crippen molar-refractivity contribution in [1.82, 2.24) is 4.90 Å². The van der Waals surface area contributed by atoms with E-state index in [2.05, 4.69) is 30.3 Å². The zero-order valence-electron chi connectivity index (χ0n) is 11.8. The van der Waals surface area contributed by atoms with Gasteiger partial charge in [0.2, 0.25) is 0 Å². The first-order valence-corrected chi connectivity index (χ1v) is 7.74. The minimum Gasteiger partial charge on any atom is -0.409 e. The number of amidine groups is 1. The molecule has 0 heterocycles. The van der Waals surface area contributed by atoms with Crippen molar-refractivity contribution in [3.05, 3.63) is 35.4 Å². The minimum absolute atomic E-state index is 0.147. The first-order chi connectivity index (χ1) is 9.08. The highest BCUT2D eigenvalue weighted by Gasteiger charge is 2.09. The Morgan fingerprint density at radius 1 is 1.42 bits per heavy atom. The molecule has 0 radical (unpaired) electrons. The summed E-state index contributed by atoms with van der Waals surface area (Å²) in [5.74, 6) is 1.33. The van der Waals surface area contributed by atoms with Crippen LogP contribution >= 0.6 is 11.8 Å². The Labute approximate surface area is 119 Å². The van der Waals surface area contributed by atoms with Crippen molar-refractivity contribution in [2.24, 2.45) is 10.9 Å².